The van der Waals surface area contributed by atoms with Crippen molar-refractivity contribution in [2.75, 3.05) is 13.2 Å². The molecule has 0 spiro atoms. The second-order valence-electron chi connectivity index (χ2n) is 5.41. The number of amides is 1. The SMILES string of the molecule is Cc1cccc(-c2nnc(CCNC(=O)C3CCCO3)o2)c1. The zero-order chi connectivity index (χ0) is 15.4. The van der Waals surface area contributed by atoms with E-state index in [0.29, 0.717) is 31.4 Å². The molecule has 6 heteroatoms. The predicted octanol–water partition coefficient (Wildman–Crippen LogP) is 1.88. The van der Waals surface area contributed by atoms with E-state index in [-0.39, 0.29) is 12.0 Å². The van der Waals surface area contributed by atoms with E-state index in [2.05, 4.69) is 15.5 Å². The summed E-state index contributed by atoms with van der Waals surface area (Å²) in [6, 6.07) is 7.90. The first-order chi connectivity index (χ1) is 10.7. The molecule has 1 aromatic heterocycles. The number of nitrogens with one attached hydrogen (secondary N) is 1. The normalized spacial score (nSPS) is 17.6. The summed E-state index contributed by atoms with van der Waals surface area (Å²) in [6.45, 7) is 3.15. The smallest absolute Gasteiger partial charge is 0.249 e. The van der Waals surface area contributed by atoms with Crippen LogP contribution in [0.5, 0.6) is 0 Å². The average Bonchev–Trinajstić information content (AvgIpc) is 3.19. The van der Waals surface area contributed by atoms with Crippen LogP contribution in [-0.4, -0.2) is 35.4 Å². The molecule has 0 radical (unpaired) electrons. The van der Waals surface area contributed by atoms with Gasteiger partial charge in [-0.2, -0.15) is 0 Å². The van der Waals surface area contributed by atoms with Gasteiger partial charge in [0.25, 0.3) is 0 Å². The minimum absolute atomic E-state index is 0.0593. The zero-order valence-electron chi connectivity index (χ0n) is 12.5. The summed E-state index contributed by atoms with van der Waals surface area (Å²) in [5, 5.41) is 10.9. The van der Waals surface area contributed by atoms with E-state index < -0.39 is 0 Å². The van der Waals surface area contributed by atoms with Crippen molar-refractivity contribution >= 4 is 5.91 Å². The van der Waals surface area contributed by atoms with Gasteiger partial charge in [-0.05, 0) is 31.9 Å². The molecule has 1 aliphatic heterocycles. The second kappa shape index (κ2) is 6.70. The third-order valence-electron chi connectivity index (χ3n) is 3.59. The molecular weight excluding hydrogens is 282 g/mol. The van der Waals surface area contributed by atoms with Crippen molar-refractivity contribution in [3.8, 4) is 11.5 Å². The summed E-state index contributed by atoms with van der Waals surface area (Å²) in [7, 11) is 0. The summed E-state index contributed by atoms with van der Waals surface area (Å²) in [4.78, 5) is 11.8. The summed E-state index contributed by atoms with van der Waals surface area (Å²) in [6.07, 6.45) is 1.95. The Kier molecular flexibility index (Phi) is 4.48. The lowest BCUT2D eigenvalue weighted by Gasteiger charge is -2.08. The van der Waals surface area contributed by atoms with Gasteiger partial charge in [0.2, 0.25) is 17.7 Å². The highest BCUT2D eigenvalue weighted by Gasteiger charge is 2.23. The summed E-state index contributed by atoms with van der Waals surface area (Å²) in [5.74, 6) is 0.962. The van der Waals surface area contributed by atoms with Gasteiger partial charge in [-0.15, -0.1) is 10.2 Å². The molecule has 2 aromatic rings. The van der Waals surface area contributed by atoms with Crippen molar-refractivity contribution in [1.29, 1.82) is 0 Å². The Labute approximate surface area is 128 Å². The van der Waals surface area contributed by atoms with Crippen LogP contribution in [0.15, 0.2) is 28.7 Å². The van der Waals surface area contributed by atoms with Crippen molar-refractivity contribution in [2.24, 2.45) is 0 Å². The lowest BCUT2D eigenvalue weighted by molar-refractivity contribution is -0.130. The fourth-order valence-corrected chi connectivity index (χ4v) is 2.44. The highest BCUT2D eigenvalue weighted by Crippen LogP contribution is 2.18. The monoisotopic (exact) mass is 301 g/mol. The van der Waals surface area contributed by atoms with Gasteiger partial charge in [0.1, 0.15) is 6.10 Å². The van der Waals surface area contributed by atoms with E-state index in [1.54, 1.807) is 0 Å². The standard InChI is InChI=1S/C16H19N3O3/c1-11-4-2-5-12(10-11)16-19-18-14(22-16)7-8-17-15(20)13-6-3-9-21-13/h2,4-5,10,13H,3,6-9H2,1H3,(H,17,20). The largest absolute Gasteiger partial charge is 0.421 e. The Hall–Kier alpha value is -2.21. The first-order valence-electron chi connectivity index (χ1n) is 7.51. The quantitative estimate of drug-likeness (QED) is 0.912. The summed E-state index contributed by atoms with van der Waals surface area (Å²) in [5.41, 5.74) is 2.04. The molecule has 3 rings (SSSR count). The topological polar surface area (TPSA) is 77.2 Å². The number of benzene rings is 1. The Bertz CT molecular complexity index is 648. The van der Waals surface area contributed by atoms with Crippen molar-refractivity contribution in [3.05, 3.63) is 35.7 Å². The Morgan fingerprint density at radius 2 is 2.32 bits per heavy atom. The van der Waals surface area contributed by atoms with Crippen LogP contribution < -0.4 is 5.32 Å². The zero-order valence-corrected chi connectivity index (χ0v) is 12.5. The number of rotatable bonds is 5. The lowest BCUT2D eigenvalue weighted by Crippen LogP contribution is -2.35. The van der Waals surface area contributed by atoms with Crippen LogP contribution in [0.2, 0.25) is 0 Å². The molecule has 1 atom stereocenters. The molecular formula is C16H19N3O3. The Morgan fingerprint density at radius 3 is 3.09 bits per heavy atom. The number of aryl methyl sites for hydroxylation is 1. The van der Waals surface area contributed by atoms with Gasteiger partial charge in [0, 0.05) is 25.1 Å². The number of carbonyl (C=O) groups excluding carboxylic acids is 1. The molecule has 116 valence electrons. The highest BCUT2D eigenvalue weighted by atomic mass is 16.5. The number of aromatic nitrogens is 2. The van der Waals surface area contributed by atoms with Crippen molar-refractivity contribution in [3.63, 3.8) is 0 Å². The molecule has 6 nitrogen and oxygen atoms in total. The number of hydrogen-bond acceptors (Lipinski definition) is 5. The van der Waals surface area contributed by atoms with Gasteiger partial charge < -0.3 is 14.5 Å². The molecule has 1 unspecified atom stereocenters. The third-order valence-corrected chi connectivity index (χ3v) is 3.59. The number of hydrogen-bond donors (Lipinski definition) is 1. The van der Waals surface area contributed by atoms with Crippen LogP contribution >= 0.6 is 0 Å². The minimum Gasteiger partial charge on any atom is -0.421 e. The average molecular weight is 301 g/mol. The Morgan fingerprint density at radius 1 is 1.41 bits per heavy atom. The fourth-order valence-electron chi connectivity index (χ4n) is 2.44. The van der Waals surface area contributed by atoms with Gasteiger partial charge in [0.15, 0.2) is 0 Å². The van der Waals surface area contributed by atoms with Gasteiger partial charge >= 0.3 is 0 Å². The van der Waals surface area contributed by atoms with Crippen LogP contribution in [0.1, 0.15) is 24.3 Å². The maximum Gasteiger partial charge on any atom is 0.249 e. The van der Waals surface area contributed by atoms with E-state index >= 15 is 0 Å². The van der Waals surface area contributed by atoms with Crippen molar-refractivity contribution in [2.45, 2.75) is 32.3 Å². The number of carbonyl (C=O) groups is 1. The molecule has 0 bridgehead atoms. The first-order valence-corrected chi connectivity index (χ1v) is 7.51. The first kappa shape index (κ1) is 14.7. The van der Waals surface area contributed by atoms with Crippen LogP contribution in [0.25, 0.3) is 11.5 Å². The second-order valence-corrected chi connectivity index (χ2v) is 5.41. The molecule has 1 amide bonds. The molecule has 1 saturated heterocycles. The van der Waals surface area contributed by atoms with Crippen LogP contribution in [-0.2, 0) is 16.0 Å². The fraction of sp³-hybridized carbons (Fsp3) is 0.438. The van der Waals surface area contributed by atoms with E-state index in [4.69, 9.17) is 9.15 Å². The predicted molar refractivity (Wildman–Crippen MR) is 80.2 cm³/mol. The Balaban J connectivity index is 1.52. The number of ether oxygens (including phenoxy) is 1. The molecule has 1 aromatic carbocycles. The van der Waals surface area contributed by atoms with E-state index in [0.717, 1.165) is 24.0 Å². The molecule has 1 N–H and O–H groups in total. The van der Waals surface area contributed by atoms with Crippen LogP contribution in [0, 0.1) is 6.92 Å². The van der Waals surface area contributed by atoms with Crippen LogP contribution in [0.4, 0.5) is 0 Å². The van der Waals surface area contributed by atoms with Gasteiger partial charge in [-0.25, -0.2) is 0 Å². The molecule has 22 heavy (non-hydrogen) atoms. The third kappa shape index (κ3) is 3.51. The minimum atomic E-state index is -0.300. The molecule has 1 fully saturated rings. The lowest BCUT2D eigenvalue weighted by atomic mass is 10.1. The van der Waals surface area contributed by atoms with Gasteiger partial charge in [-0.1, -0.05) is 17.7 Å². The van der Waals surface area contributed by atoms with E-state index in [9.17, 15) is 4.79 Å². The maximum absolute atomic E-state index is 11.8. The van der Waals surface area contributed by atoms with Crippen molar-refractivity contribution < 1.29 is 13.9 Å². The molecule has 1 aliphatic rings. The van der Waals surface area contributed by atoms with Crippen molar-refractivity contribution in [1.82, 2.24) is 15.5 Å². The molecule has 2 heterocycles. The van der Waals surface area contributed by atoms with E-state index in [1.165, 1.54) is 0 Å². The van der Waals surface area contributed by atoms with Gasteiger partial charge in [-0.3, -0.25) is 4.79 Å². The maximum atomic E-state index is 11.8. The molecule has 0 saturated carbocycles. The van der Waals surface area contributed by atoms with Gasteiger partial charge in [0.05, 0.1) is 0 Å². The van der Waals surface area contributed by atoms with E-state index in [1.807, 2.05) is 31.2 Å². The molecule has 0 aliphatic carbocycles. The number of nitrogens with zero attached hydrogens (tertiary/aromatic N) is 2. The summed E-state index contributed by atoms with van der Waals surface area (Å²) < 4.78 is 11.0. The van der Waals surface area contributed by atoms with Crippen LogP contribution in [0.3, 0.4) is 0 Å². The summed E-state index contributed by atoms with van der Waals surface area (Å²) >= 11 is 0. The highest BCUT2D eigenvalue weighted by molar-refractivity contribution is 5.80.